The van der Waals surface area contributed by atoms with Crippen molar-refractivity contribution in [2.45, 2.75) is 17.5 Å². The molecule has 27 heavy (non-hydrogen) atoms. The second-order valence-electron chi connectivity index (χ2n) is 6.09. The first-order valence-corrected chi connectivity index (χ1v) is 9.81. The zero-order valence-corrected chi connectivity index (χ0v) is 15.7. The van der Waals surface area contributed by atoms with Crippen LogP contribution in [-0.2, 0) is 12.3 Å². The summed E-state index contributed by atoms with van der Waals surface area (Å²) in [5.74, 6) is 2.19. The fourth-order valence-electron chi connectivity index (χ4n) is 3.27. The number of nitrogens with zero attached hydrogens (tertiary/aromatic N) is 5. The Morgan fingerprint density at radius 2 is 1.93 bits per heavy atom. The number of thioether (sulfide) groups is 1. The van der Waals surface area contributed by atoms with Gasteiger partial charge in [-0.1, -0.05) is 35.5 Å². The van der Waals surface area contributed by atoms with Gasteiger partial charge in [0.15, 0.2) is 5.16 Å². The maximum Gasteiger partial charge on any atom is 0.231 e. The van der Waals surface area contributed by atoms with Crippen molar-refractivity contribution < 1.29 is 5.11 Å². The van der Waals surface area contributed by atoms with Crippen molar-refractivity contribution in [3.05, 3.63) is 53.3 Å². The van der Waals surface area contributed by atoms with Crippen LogP contribution in [-0.4, -0.2) is 40.8 Å². The summed E-state index contributed by atoms with van der Waals surface area (Å²) >= 11 is 7.70. The number of para-hydroxylation sites is 2. The van der Waals surface area contributed by atoms with E-state index in [1.54, 1.807) is 11.8 Å². The second-order valence-corrected chi connectivity index (χ2v) is 7.47. The normalized spacial score (nSPS) is 11.9. The number of aromatic amines is 1. The molecule has 0 radical (unpaired) electrons. The maximum absolute atomic E-state index is 9.46. The van der Waals surface area contributed by atoms with Crippen LogP contribution in [0.15, 0.2) is 47.6 Å². The highest BCUT2D eigenvalue weighted by atomic mass is 35.5. The van der Waals surface area contributed by atoms with Crippen LogP contribution in [0.1, 0.15) is 5.82 Å². The molecule has 5 rings (SSSR count). The van der Waals surface area contributed by atoms with Crippen LogP contribution in [0.5, 0.6) is 0 Å². The van der Waals surface area contributed by atoms with Crippen molar-refractivity contribution in [1.29, 1.82) is 0 Å². The summed E-state index contributed by atoms with van der Waals surface area (Å²) in [5.41, 5.74) is 3.73. The summed E-state index contributed by atoms with van der Waals surface area (Å²) in [6, 6.07) is 13.6. The van der Waals surface area contributed by atoms with Crippen LogP contribution in [0.25, 0.3) is 27.8 Å². The first-order valence-electron chi connectivity index (χ1n) is 8.44. The van der Waals surface area contributed by atoms with Gasteiger partial charge in [-0.2, -0.15) is 0 Å². The molecule has 5 aromatic rings. The number of halogens is 1. The number of fused-ring (bicyclic) bond motifs is 4. The predicted molar refractivity (Wildman–Crippen MR) is 106 cm³/mol. The van der Waals surface area contributed by atoms with Crippen LogP contribution in [0.4, 0.5) is 0 Å². The van der Waals surface area contributed by atoms with E-state index in [9.17, 15) is 5.11 Å². The third kappa shape index (κ3) is 2.77. The summed E-state index contributed by atoms with van der Waals surface area (Å²) in [6.07, 6.45) is 0. The molecule has 0 bridgehead atoms. The van der Waals surface area contributed by atoms with Gasteiger partial charge in [0.05, 0.1) is 34.4 Å². The fourth-order valence-corrected chi connectivity index (χ4v) is 4.34. The Bertz CT molecular complexity index is 1270. The Balaban J connectivity index is 1.53. The predicted octanol–water partition coefficient (Wildman–Crippen LogP) is 3.50. The minimum absolute atomic E-state index is 0.0362. The Hall–Kier alpha value is -2.55. The minimum atomic E-state index is 0.0362. The summed E-state index contributed by atoms with van der Waals surface area (Å²) in [6.45, 7) is 0.505. The lowest BCUT2D eigenvalue weighted by Gasteiger charge is -2.07. The van der Waals surface area contributed by atoms with Gasteiger partial charge >= 0.3 is 0 Å². The molecule has 0 aliphatic carbocycles. The standard InChI is InChI=1S/C18H15ClN6OS/c19-11-5-6-13-15(9-11)24(7-8-26)16(20-13)10-27-18-23-22-17-21-12-3-1-2-4-14(12)25(17)18/h1-6,9,26H,7-8,10H2,(H,21,22). The molecule has 9 heteroatoms. The zero-order valence-electron chi connectivity index (χ0n) is 14.1. The number of H-pyrrole nitrogens is 1. The zero-order chi connectivity index (χ0) is 18.4. The number of rotatable bonds is 5. The number of aliphatic hydroxyl groups is 1. The lowest BCUT2D eigenvalue weighted by Crippen LogP contribution is -2.06. The Morgan fingerprint density at radius 3 is 2.81 bits per heavy atom. The van der Waals surface area contributed by atoms with Crippen molar-refractivity contribution >= 4 is 51.2 Å². The van der Waals surface area contributed by atoms with Crippen LogP contribution < -0.4 is 0 Å². The van der Waals surface area contributed by atoms with E-state index in [0.29, 0.717) is 23.1 Å². The van der Waals surface area contributed by atoms with Gasteiger partial charge in [0.1, 0.15) is 5.82 Å². The Kier molecular flexibility index (Phi) is 4.04. The highest BCUT2D eigenvalue weighted by Crippen LogP contribution is 2.28. The highest BCUT2D eigenvalue weighted by Gasteiger charge is 2.15. The average Bonchev–Trinajstić information content (AvgIpc) is 3.33. The van der Waals surface area contributed by atoms with Gasteiger partial charge in [0.2, 0.25) is 5.78 Å². The number of hydrogen-bond acceptors (Lipinski definition) is 5. The second kappa shape index (κ2) is 6.56. The third-order valence-corrected chi connectivity index (χ3v) is 5.62. The molecule has 0 fully saturated rings. The molecule has 0 aliphatic rings. The molecule has 2 aromatic carbocycles. The molecule has 0 unspecified atom stereocenters. The van der Waals surface area contributed by atoms with E-state index >= 15 is 0 Å². The largest absolute Gasteiger partial charge is 0.395 e. The Morgan fingerprint density at radius 1 is 1.07 bits per heavy atom. The molecular weight excluding hydrogens is 384 g/mol. The van der Waals surface area contributed by atoms with Crippen molar-refractivity contribution in [2.24, 2.45) is 0 Å². The van der Waals surface area contributed by atoms with Crippen LogP contribution in [0.2, 0.25) is 5.02 Å². The molecule has 0 atom stereocenters. The summed E-state index contributed by atoms with van der Waals surface area (Å²) in [7, 11) is 0. The number of aromatic nitrogens is 6. The van der Waals surface area contributed by atoms with Crippen molar-refractivity contribution in [3.8, 4) is 0 Å². The molecule has 3 aromatic heterocycles. The van der Waals surface area contributed by atoms with Crippen LogP contribution in [0.3, 0.4) is 0 Å². The fraction of sp³-hybridized carbons (Fsp3) is 0.167. The summed E-state index contributed by atoms with van der Waals surface area (Å²) in [5, 5.41) is 18.3. The molecule has 0 spiro atoms. The van der Waals surface area contributed by atoms with Crippen molar-refractivity contribution in [1.82, 2.24) is 29.1 Å². The molecule has 2 N–H and O–H groups in total. The average molecular weight is 399 g/mol. The van der Waals surface area contributed by atoms with Gasteiger partial charge in [0.25, 0.3) is 0 Å². The first-order chi connectivity index (χ1) is 13.2. The molecule has 0 amide bonds. The van der Waals surface area contributed by atoms with Crippen LogP contribution >= 0.6 is 23.4 Å². The van der Waals surface area contributed by atoms with Crippen molar-refractivity contribution in [2.75, 3.05) is 6.61 Å². The molecule has 136 valence electrons. The van der Waals surface area contributed by atoms with E-state index in [2.05, 4.69) is 15.2 Å². The number of hydrogen-bond donors (Lipinski definition) is 2. The lowest BCUT2D eigenvalue weighted by molar-refractivity contribution is 0.276. The molecule has 0 saturated heterocycles. The minimum Gasteiger partial charge on any atom is -0.395 e. The van der Waals surface area contributed by atoms with Gasteiger partial charge in [-0.25, -0.2) is 15.1 Å². The highest BCUT2D eigenvalue weighted by molar-refractivity contribution is 7.98. The van der Waals surface area contributed by atoms with Gasteiger partial charge in [-0.05, 0) is 30.3 Å². The maximum atomic E-state index is 9.46. The van der Waals surface area contributed by atoms with Crippen LogP contribution in [0, 0.1) is 0 Å². The molecule has 3 heterocycles. The van der Waals surface area contributed by atoms with Gasteiger partial charge < -0.3 is 9.67 Å². The van der Waals surface area contributed by atoms with Gasteiger partial charge in [0, 0.05) is 11.6 Å². The van der Waals surface area contributed by atoms with Gasteiger partial charge in [-0.15, -0.1) is 5.10 Å². The van der Waals surface area contributed by atoms with E-state index in [0.717, 1.165) is 33.0 Å². The topological polar surface area (TPSA) is 84.0 Å². The monoisotopic (exact) mass is 398 g/mol. The Labute approximate surface area is 163 Å². The number of nitrogens with one attached hydrogen (secondary N) is 1. The van der Waals surface area contributed by atoms with Gasteiger partial charge in [-0.3, -0.25) is 4.40 Å². The number of imidazole rings is 2. The number of benzene rings is 2. The van der Waals surface area contributed by atoms with E-state index in [4.69, 9.17) is 16.6 Å². The smallest absolute Gasteiger partial charge is 0.231 e. The SMILES string of the molecule is OCCn1c(CSc2n[nH]c3nc4ccccc4n23)nc2ccc(Cl)cc21. The van der Waals surface area contributed by atoms with E-state index < -0.39 is 0 Å². The molecule has 0 aliphatic heterocycles. The molecule has 7 nitrogen and oxygen atoms in total. The molecular formula is C18H15ClN6OS. The summed E-state index contributed by atoms with van der Waals surface area (Å²) < 4.78 is 4.01. The first kappa shape index (κ1) is 16.6. The number of aliphatic hydroxyl groups excluding tert-OH is 1. The third-order valence-electron chi connectivity index (χ3n) is 4.45. The lowest BCUT2D eigenvalue weighted by atomic mass is 10.3. The van der Waals surface area contributed by atoms with E-state index in [1.165, 1.54) is 0 Å². The van der Waals surface area contributed by atoms with Crippen molar-refractivity contribution in [3.63, 3.8) is 0 Å². The van der Waals surface area contributed by atoms with E-state index in [-0.39, 0.29) is 6.61 Å². The quantitative estimate of drug-likeness (QED) is 0.443. The van der Waals surface area contributed by atoms with E-state index in [1.807, 2.05) is 51.4 Å². The molecule has 0 saturated carbocycles. The summed E-state index contributed by atoms with van der Waals surface area (Å²) in [4.78, 5) is 9.26.